The van der Waals surface area contributed by atoms with E-state index in [9.17, 15) is 4.79 Å². The molecule has 1 aliphatic heterocycles. The summed E-state index contributed by atoms with van der Waals surface area (Å²) in [5.41, 5.74) is 9.10. The molecule has 1 saturated heterocycles. The highest BCUT2D eigenvalue weighted by Crippen LogP contribution is 2.22. The molecule has 0 radical (unpaired) electrons. The van der Waals surface area contributed by atoms with Crippen molar-refractivity contribution in [2.24, 2.45) is 0 Å². The smallest absolute Gasteiger partial charge is 0.251 e. The summed E-state index contributed by atoms with van der Waals surface area (Å²) in [5, 5.41) is 13.7. The standard InChI is InChI=1S/C23H24N6O2/c24-14-17-13-19(4-5-20(17)25)27-21-6-9-26-22(29-21)15-2-1-3-16(12-15)23(30)28-18-7-10-31-11-8-18/h1-6,9,12-14,18,24H,7-8,10-11,25H2,(H,28,30)(H,26,27,29). The molecule has 0 spiro atoms. The zero-order chi connectivity index (χ0) is 21.6. The number of amides is 1. The summed E-state index contributed by atoms with van der Waals surface area (Å²) < 4.78 is 5.35. The van der Waals surface area contributed by atoms with E-state index in [1.165, 1.54) is 6.21 Å². The number of ether oxygens (including phenoxy) is 1. The van der Waals surface area contributed by atoms with E-state index < -0.39 is 0 Å². The van der Waals surface area contributed by atoms with Gasteiger partial charge in [0.15, 0.2) is 5.82 Å². The molecule has 1 amide bonds. The van der Waals surface area contributed by atoms with Crippen LogP contribution in [0.25, 0.3) is 11.4 Å². The summed E-state index contributed by atoms with van der Waals surface area (Å²) in [6.07, 6.45) is 4.53. The SMILES string of the molecule is N=Cc1cc(Nc2ccnc(-c3cccc(C(=O)NC4CCOCC4)c3)n2)ccc1N. The van der Waals surface area contributed by atoms with Gasteiger partial charge in [-0.15, -0.1) is 0 Å². The van der Waals surface area contributed by atoms with Crippen molar-refractivity contribution in [3.63, 3.8) is 0 Å². The van der Waals surface area contributed by atoms with Gasteiger partial charge in [-0.25, -0.2) is 9.97 Å². The minimum absolute atomic E-state index is 0.107. The number of carbonyl (C=O) groups excluding carboxylic acids is 1. The summed E-state index contributed by atoms with van der Waals surface area (Å²) in [7, 11) is 0. The molecule has 2 heterocycles. The summed E-state index contributed by atoms with van der Waals surface area (Å²) in [6.45, 7) is 1.35. The first-order chi connectivity index (χ1) is 15.1. The van der Waals surface area contributed by atoms with E-state index in [2.05, 4.69) is 20.6 Å². The lowest BCUT2D eigenvalue weighted by molar-refractivity contribution is 0.0696. The fourth-order valence-electron chi connectivity index (χ4n) is 3.40. The molecule has 0 aliphatic carbocycles. The summed E-state index contributed by atoms with van der Waals surface area (Å²) in [4.78, 5) is 21.6. The van der Waals surface area contributed by atoms with Crippen LogP contribution in [0.2, 0.25) is 0 Å². The normalized spacial score (nSPS) is 14.1. The van der Waals surface area contributed by atoms with Gasteiger partial charge >= 0.3 is 0 Å². The lowest BCUT2D eigenvalue weighted by atomic mass is 10.1. The van der Waals surface area contributed by atoms with Gasteiger partial charge < -0.3 is 26.5 Å². The Hall–Kier alpha value is -3.78. The number of nitrogens with two attached hydrogens (primary N) is 1. The number of hydrogen-bond donors (Lipinski definition) is 4. The molecule has 0 atom stereocenters. The molecule has 8 nitrogen and oxygen atoms in total. The number of anilines is 3. The van der Waals surface area contributed by atoms with E-state index >= 15 is 0 Å². The maximum atomic E-state index is 12.7. The molecule has 1 aromatic heterocycles. The van der Waals surface area contributed by atoms with Gasteiger partial charge in [0, 0.05) is 59.7 Å². The predicted octanol–water partition coefficient (Wildman–Crippen LogP) is 3.38. The largest absolute Gasteiger partial charge is 0.398 e. The van der Waals surface area contributed by atoms with Crippen LogP contribution >= 0.6 is 0 Å². The van der Waals surface area contributed by atoms with Gasteiger partial charge in [-0.2, -0.15) is 0 Å². The van der Waals surface area contributed by atoms with Crippen LogP contribution in [0.3, 0.4) is 0 Å². The summed E-state index contributed by atoms with van der Waals surface area (Å²) in [5.74, 6) is 1.00. The van der Waals surface area contributed by atoms with Gasteiger partial charge in [0.2, 0.25) is 0 Å². The van der Waals surface area contributed by atoms with Crippen LogP contribution < -0.4 is 16.4 Å². The summed E-state index contributed by atoms with van der Waals surface area (Å²) >= 11 is 0. The minimum atomic E-state index is -0.107. The van der Waals surface area contributed by atoms with E-state index in [1.807, 2.05) is 18.2 Å². The Morgan fingerprint density at radius 2 is 2.00 bits per heavy atom. The number of aromatic nitrogens is 2. The number of rotatable bonds is 6. The molecule has 2 aromatic carbocycles. The second-order valence-corrected chi connectivity index (χ2v) is 7.32. The van der Waals surface area contributed by atoms with E-state index in [0.717, 1.165) is 24.1 Å². The van der Waals surface area contributed by atoms with Crippen molar-refractivity contribution in [1.29, 1.82) is 5.41 Å². The average Bonchev–Trinajstić information content (AvgIpc) is 2.81. The van der Waals surface area contributed by atoms with Gasteiger partial charge in [0.1, 0.15) is 5.82 Å². The maximum Gasteiger partial charge on any atom is 0.251 e. The van der Waals surface area contributed by atoms with Gasteiger partial charge in [0.05, 0.1) is 0 Å². The molecule has 4 rings (SSSR count). The van der Waals surface area contributed by atoms with Crippen LogP contribution in [0.15, 0.2) is 54.7 Å². The van der Waals surface area contributed by atoms with E-state index in [1.54, 1.807) is 36.5 Å². The molecule has 8 heteroatoms. The maximum absolute atomic E-state index is 12.7. The van der Waals surface area contributed by atoms with Crippen LogP contribution in [-0.4, -0.2) is 41.3 Å². The number of carbonyl (C=O) groups is 1. The Bertz CT molecular complexity index is 1090. The molecule has 0 bridgehead atoms. The van der Waals surface area contributed by atoms with Gasteiger partial charge in [0.25, 0.3) is 5.91 Å². The van der Waals surface area contributed by atoms with E-state index in [4.69, 9.17) is 15.9 Å². The topological polar surface area (TPSA) is 126 Å². The molecule has 31 heavy (non-hydrogen) atoms. The Labute approximate surface area is 180 Å². The van der Waals surface area contributed by atoms with E-state index in [0.29, 0.717) is 41.7 Å². The van der Waals surface area contributed by atoms with Gasteiger partial charge in [-0.05, 0) is 49.2 Å². The number of benzene rings is 2. The number of nitrogen functional groups attached to an aromatic ring is 1. The van der Waals surface area contributed by atoms with Crippen LogP contribution in [0.5, 0.6) is 0 Å². The molecule has 158 valence electrons. The molecule has 1 aliphatic rings. The fourth-order valence-corrected chi connectivity index (χ4v) is 3.40. The molecular formula is C23H24N6O2. The minimum Gasteiger partial charge on any atom is -0.398 e. The van der Waals surface area contributed by atoms with Crippen molar-refractivity contribution in [3.05, 3.63) is 65.9 Å². The van der Waals surface area contributed by atoms with Crippen LogP contribution in [-0.2, 0) is 4.74 Å². The van der Waals surface area contributed by atoms with Crippen LogP contribution in [0.4, 0.5) is 17.2 Å². The van der Waals surface area contributed by atoms with Crippen molar-refractivity contribution >= 4 is 29.3 Å². The van der Waals surface area contributed by atoms with Crippen molar-refractivity contribution < 1.29 is 9.53 Å². The first-order valence-corrected chi connectivity index (χ1v) is 10.1. The molecule has 1 fully saturated rings. The Balaban J connectivity index is 1.51. The first kappa shape index (κ1) is 20.5. The zero-order valence-corrected chi connectivity index (χ0v) is 17.0. The van der Waals surface area contributed by atoms with Crippen molar-refractivity contribution in [2.75, 3.05) is 24.3 Å². The predicted molar refractivity (Wildman–Crippen MR) is 121 cm³/mol. The van der Waals surface area contributed by atoms with Crippen LogP contribution in [0, 0.1) is 5.41 Å². The van der Waals surface area contributed by atoms with Crippen LogP contribution in [0.1, 0.15) is 28.8 Å². The molecule has 0 saturated carbocycles. The Morgan fingerprint density at radius 1 is 1.16 bits per heavy atom. The fraction of sp³-hybridized carbons (Fsp3) is 0.217. The average molecular weight is 416 g/mol. The lowest BCUT2D eigenvalue weighted by Crippen LogP contribution is -2.38. The second kappa shape index (κ2) is 9.36. The third kappa shape index (κ3) is 5.04. The van der Waals surface area contributed by atoms with Crippen molar-refractivity contribution in [2.45, 2.75) is 18.9 Å². The molecular weight excluding hydrogens is 392 g/mol. The highest BCUT2D eigenvalue weighted by molar-refractivity contribution is 5.95. The van der Waals surface area contributed by atoms with E-state index in [-0.39, 0.29) is 11.9 Å². The third-order valence-corrected chi connectivity index (χ3v) is 5.11. The van der Waals surface area contributed by atoms with Crippen molar-refractivity contribution in [3.8, 4) is 11.4 Å². The molecule has 3 aromatic rings. The highest BCUT2D eigenvalue weighted by Gasteiger charge is 2.17. The van der Waals surface area contributed by atoms with Gasteiger partial charge in [-0.3, -0.25) is 4.79 Å². The summed E-state index contributed by atoms with van der Waals surface area (Å²) in [6, 6.07) is 14.5. The van der Waals surface area contributed by atoms with Crippen molar-refractivity contribution in [1.82, 2.24) is 15.3 Å². The first-order valence-electron chi connectivity index (χ1n) is 10.1. The number of nitrogens with zero attached hydrogens (tertiary/aromatic N) is 2. The number of hydrogen-bond acceptors (Lipinski definition) is 7. The number of nitrogens with one attached hydrogen (secondary N) is 3. The monoisotopic (exact) mass is 416 g/mol. The highest BCUT2D eigenvalue weighted by atomic mass is 16.5. The Morgan fingerprint density at radius 3 is 2.81 bits per heavy atom. The van der Waals surface area contributed by atoms with Gasteiger partial charge in [-0.1, -0.05) is 12.1 Å². The quantitative estimate of drug-likeness (QED) is 0.360. The Kier molecular flexibility index (Phi) is 6.18. The molecule has 5 N–H and O–H groups in total. The molecule has 0 unspecified atom stereocenters. The second-order valence-electron chi connectivity index (χ2n) is 7.32. The zero-order valence-electron chi connectivity index (χ0n) is 17.0. The lowest BCUT2D eigenvalue weighted by Gasteiger charge is -2.23. The third-order valence-electron chi connectivity index (χ3n) is 5.11.